The molecule has 7 nitrogen and oxygen atoms in total. The van der Waals surface area contributed by atoms with E-state index in [-0.39, 0.29) is 5.92 Å². The summed E-state index contributed by atoms with van der Waals surface area (Å²) in [6, 6.07) is 5.05. The number of benzene rings is 1. The van der Waals surface area contributed by atoms with Crippen LogP contribution < -0.4 is 15.8 Å². The van der Waals surface area contributed by atoms with Crippen molar-refractivity contribution >= 4 is 28.3 Å². The summed E-state index contributed by atoms with van der Waals surface area (Å²) in [5.74, 6) is 2.17. The van der Waals surface area contributed by atoms with Gasteiger partial charge in [0.15, 0.2) is 0 Å². The summed E-state index contributed by atoms with van der Waals surface area (Å²) in [5.41, 5.74) is 6.96. The van der Waals surface area contributed by atoms with Crippen molar-refractivity contribution in [3.05, 3.63) is 30.6 Å². The van der Waals surface area contributed by atoms with Gasteiger partial charge < -0.3 is 20.7 Å². The summed E-state index contributed by atoms with van der Waals surface area (Å²) >= 11 is 0. The number of carbonyl (C=O) groups excluding carboxylic acids is 1. The maximum atomic E-state index is 12.6. The van der Waals surface area contributed by atoms with E-state index >= 15 is 0 Å². The van der Waals surface area contributed by atoms with Crippen LogP contribution in [0.3, 0.4) is 0 Å². The second kappa shape index (κ2) is 10.8. The molecule has 1 saturated heterocycles. The number of rotatable bonds is 6. The Bertz CT molecular complexity index is 954. The first-order valence-electron chi connectivity index (χ1n) is 11.9. The number of carbonyl (C=O) groups is 1. The van der Waals surface area contributed by atoms with Crippen molar-refractivity contribution in [2.75, 3.05) is 32.1 Å². The number of anilines is 1. The number of aromatic nitrogens is 1. The minimum Gasteiger partial charge on any atom is -0.496 e. The van der Waals surface area contributed by atoms with Crippen LogP contribution in [0.15, 0.2) is 35.6 Å². The normalized spacial score (nSPS) is 20.9. The average Bonchev–Trinajstić information content (AvgIpc) is 2.84. The maximum Gasteiger partial charge on any atom is 0.347 e. The van der Waals surface area contributed by atoms with Gasteiger partial charge in [-0.15, -0.1) is 0 Å². The van der Waals surface area contributed by atoms with E-state index < -0.39 is 6.03 Å². The molecule has 1 aliphatic heterocycles. The Labute approximate surface area is 190 Å². The highest BCUT2D eigenvalue weighted by Gasteiger charge is 2.24. The van der Waals surface area contributed by atoms with E-state index in [1.165, 1.54) is 38.5 Å². The molecule has 1 saturated carbocycles. The number of ether oxygens (including phenoxy) is 1. The van der Waals surface area contributed by atoms with Crippen molar-refractivity contribution in [2.45, 2.75) is 51.4 Å². The van der Waals surface area contributed by atoms with Crippen LogP contribution in [-0.4, -0.2) is 48.5 Å². The van der Waals surface area contributed by atoms with Crippen LogP contribution in [0.4, 0.5) is 10.5 Å². The van der Waals surface area contributed by atoms with Crippen LogP contribution in [-0.2, 0) is 0 Å². The number of amides is 2. The van der Waals surface area contributed by atoms with Gasteiger partial charge in [-0.2, -0.15) is 4.99 Å². The number of likely N-dealkylation sites (tertiary alicyclic amines) is 1. The lowest BCUT2D eigenvalue weighted by atomic mass is 9.86. The molecule has 0 radical (unpaired) electrons. The van der Waals surface area contributed by atoms with Crippen LogP contribution >= 0.6 is 0 Å². The smallest absolute Gasteiger partial charge is 0.347 e. The Morgan fingerprint density at radius 3 is 2.84 bits per heavy atom. The number of methoxy groups -OCH3 is 1. The number of pyridine rings is 1. The fraction of sp³-hybridized carbons (Fsp3) is 0.560. The molecule has 1 aromatic heterocycles. The Morgan fingerprint density at radius 2 is 2.03 bits per heavy atom. The molecular formula is C25H35N5O2. The summed E-state index contributed by atoms with van der Waals surface area (Å²) in [6.45, 7) is 3.15. The second-order valence-corrected chi connectivity index (χ2v) is 9.14. The Hall–Kier alpha value is -2.67. The van der Waals surface area contributed by atoms with E-state index in [0.29, 0.717) is 17.3 Å². The van der Waals surface area contributed by atoms with Crippen LogP contribution in [0.25, 0.3) is 10.8 Å². The topological polar surface area (TPSA) is 92.8 Å². The zero-order chi connectivity index (χ0) is 22.3. The fourth-order valence-electron chi connectivity index (χ4n) is 5.14. The molecule has 1 aliphatic carbocycles. The first-order valence-corrected chi connectivity index (χ1v) is 11.9. The number of hydrogen-bond acceptors (Lipinski definition) is 4. The van der Waals surface area contributed by atoms with Crippen LogP contribution in [0, 0.1) is 11.8 Å². The summed E-state index contributed by atoms with van der Waals surface area (Å²) in [4.78, 5) is 23.5. The predicted octanol–water partition coefficient (Wildman–Crippen LogP) is 4.81. The van der Waals surface area contributed by atoms with E-state index in [1.807, 2.05) is 18.2 Å². The molecule has 2 aliphatic rings. The van der Waals surface area contributed by atoms with Gasteiger partial charge >= 0.3 is 6.03 Å². The fourth-order valence-corrected chi connectivity index (χ4v) is 5.14. The van der Waals surface area contributed by atoms with Crippen molar-refractivity contribution in [3.63, 3.8) is 0 Å². The number of urea groups is 1. The first kappa shape index (κ1) is 22.5. The summed E-state index contributed by atoms with van der Waals surface area (Å²) < 4.78 is 5.39. The molecule has 4 rings (SSSR count). The third-order valence-electron chi connectivity index (χ3n) is 6.97. The second-order valence-electron chi connectivity index (χ2n) is 9.14. The molecule has 0 spiro atoms. The monoisotopic (exact) mass is 437 g/mol. The van der Waals surface area contributed by atoms with Crippen LogP contribution in [0.5, 0.6) is 5.75 Å². The van der Waals surface area contributed by atoms with Crippen molar-refractivity contribution in [3.8, 4) is 5.75 Å². The maximum absolute atomic E-state index is 12.6. The lowest BCUT2D eigenvalue weighted by molar-refractivity contribution is 0.182. The molecule has 172 valence electrons. The van der Waals surface area contributed by atoms with Gasteiger partial charge in [-0.25, -0.2) is 4.79 Å². The summed E-state index contributed by atoms with van der Waals surface area (Å²) in [5, 5.41) is 4.58. The van der Waals surface area contributed by atoms with Crippen LogP contribution in [0.1, 0.15) is 51.4 Å². The van der Waals surface area contributed by atoms with Crippen molar-refractivity contribution in [2.24, 2.45) is 22.6 Å². The number of hydrogen-bond donors (Lipinski definition) is 2. The largest absolute Gasteiger partial charge is 0.496 e. The van der Waals surface area contributed by atoms with Gasteiger partial charge in [-0.1, -0.05) is 32.1 Å². The molecule has 3 N–H and O–H groups in total. The van der Waals surface area contributed by atoms with E-state index in [4.69, 9.17) is 10.5 Å². The quantitative estimate of drug-likeness (QED) is 0.499. The average molecular weight is 438 g/mol. The lowest BCUT2D eigenvalue weighted by Gasteiger charge is -2.33. The highest BCUT2D eigenvalue weighted by molar-refractivity contribution is 6.06. The minimum absolute atomic E-state index is 0.137. The molecular weight excluding hydrogens is 402 g/mol. The standard InChI is InChI=1S/C25H35N5O2/c1-32-23-10-9-22(20-11-13-27-16-21(20)23)28-25(31)29-24(26)19-8-5-14-30(17-19)15-12-18-6-3-2-4-7-18/h9-11,13,16,18-19H,2-8,12,14-15,17H2,1H3,(H3,26,28,29,31). The molecule has 0 bridgehead atoms. The number of aliphatic imine (C=N–C) groups is 1. The van der Waals surface area contributed by atoms with Crippen molar-refractivity contribution in [1.82, 2.24) is 9.88 Å². The van der Waals surface area contributed by atoms with E-state index in [0.717, 1.165) is 49.2 Å². The van der Waals surface area contributed by atoms with Gasteiger partial charge in [0.1, 0.15) is 11.6 Å². The number of amidine groups is 1. The number of piperidine rings is 1. The van der Waals surface area contributed by atoms with Crippen LogP contribution in [0.2, 0.25) is 0 Å². The Morgan fingerprint density at radius 1 is 1.19 bits per heavy atom. The highest BCUT2D eigenvalue weighted by atomic mass is 16.5. The Balaban J connectivity index is 1.36. The van der Waals surface area contributed by atoms with Gasteiger partial charge in [0.25, 0.3) is 0 Å². The molecule has 2 amide bonds. The van der Waals surface area contributed by atoms with Crippen molar-refractivity contribution in [1.29, 1.82) is 0 Å². The van der Waals surface area contributed by atoms with Gasteiger partial charge in [-0.05, 0) is 56.5 Å². The summed E-state index contributed by atoms with van der Waals surface area (Å²) in [7, 11) is 1.62. The number of fused-ring (bicyclic) bond motifs is 1. The molecule has 1 atom stereocenters. The van der Waals surface area contributed by atoms with Crippen molar-refractivity contribution < 1.29 is 9.53 Å². The zero-order valence-electron chi connectivity index (χ0n) is 19.1. The van der Waals surface area contributed by atoms with E-state index in [1.54, 1.807) is 19.5 Å². The number of nitrogens with zero attached hydrogens (tertiary/aromatic N) is 3. The zero-order valence-corrected chi connectivity index (χ0v) is 19.1. The minimum atomic E-state index is -0.440. The van der Waals surface area contributed by atoms with E-state index in [9.17, 15) is 4.79 Å². The lowest BCUT2D eigenvalue weighted by Crippen LogP contribution is -2.42. The van der Waals surface area contributed by atoms with Gasteiger partial charge in [0, 0.05) is 35.6 Å². The molecule has 7 heteroatoms. The Kier molecular flexibility index (Phi) is 7.58. The summed E-state index contributed by atoms with van der Waals surface area (Å²) in [6.07, 6.45) is 13.7. The number of nitrogens with one attached hydrogen (secondary N) is 1. The SMILES string of the molecule is COc1ccc(NC(=O)/N=C(\N)C2CCCN(CCC3CCCCC3)C2)c2ccncc12. The van der Waals surface area contributed by atoms with Gasteiger partial charge in [0.05, 0.1) is 12.8 Å². The third kappa shape index (κ3) is 5.57. The predicted molar refractivity (Wildman–Crippen MR) is 129 cm³/mol. The highest BCUT2D eigenvalue weighted by Crippen LogP contribution is 2.31. The molecule has 2 aromatic rings. The van der Waals surface area contributed by atoms with Gasteiger partial charge in [-0.3, -0.25) is 4.98 Å². The molecule has 2 heterocycles. The molecule has 2 fully saturated rings. The molecule has 1 aromatic carbocycles. The van der Waals surface area contributed by atoms with E-state index in [2.05, 4.69) is 20.2 Å². The molecule has 32 heavy (non-hydrogen) atoms. The van der Waals surface area contributed by atoms with Gasteiger partial charge in [0.2, 0.25) is 0 Å². The third-order valence-corrected chi connectivity index (χ3v) is 6.97. The first-order chi connectivity index (χ1) is 15.6. The molecule has 1 unspecified atom stereocenters. The number of nitrogens with two attached hydrogens (primary N) is 1.